The molecule has 0 saturated carbocycles. The standard InChI is InChI=1S/C7H14O4/c1-4-5(9)3-11-6(2-8)7(4)10/h4-10H,2-3H2,1H3/t4?,5-,6?,7?/m1/s1. The maximum Gasteiger partial charge on any atom is 0.107 e. The van der Waals surface area contributed by atoms with Crippen LogP contribution in [-0.4, -0.2) is 46.8 Å². The molecule has 4 nitrogen and oxygen atoms in total. The van der Waals surface area contributed by atoms with E-state index in [4.69, 9.17) is 9.84 Å². The molecule has 0 aliphatic carbocycles. The highest BCUT2D eigenvalue weighted by Crippen LogP contribution is 2.20. The third-order valence-corrected chi connectivity index (χ3v) is 2.19. The van der Waals surface area contributed by atoms with Gasteiger partial charge in [0.05, 0.1) is 25.4 Å². The lowest BCUT2D eigenvalue weighted by Crippen LogP contribution is -2.49. The van der Waals surface area contributed by atoms with Crippen molar-refractivity contribution in [3.05, 3.63) is 0 Å². The molecule has 0 aromatic rings. The molecule has 4 atom stereocenters. The largest absolute Gasteiger partial charge is 0.394 e. The minimum Gasteiger partial charge on any atom is -0.394 e. The number of aliphatic hydroxyl groups excluding tert-OH is 3. The summed E-state index contributed by atoms with van der Waals surface area (Å²) in [4.78, 5) is 0. The van der Waals surface area contributed by atoms with Crippen LogP contribution in [0.5, 0.6) is 0 Å². The Morgan fingerprint density at radius 3 is 2.64 bits per heavy atom. The van der Waals surface area contributed by atoms with Gasteiger partial charge in [0.2, 0.25) is 0 Å². The van der Waals surface area contributed by atoms with E-state index >= 15 is 0 Å². The lowest BCUT2D eigenvalue weighted by molar-refractivity contribution is -0.165. The first kappa shape index (κ1) is 8.93. The van der Waals surface area contributed by atoms with Crippen LogP contribution in [0.4, 0.5) is 0 Å². The number of hydrogen-bond acceptors (Lipinski definition) is 4. The molecule has 1 fully saturated rings. The van der Waals surface area contributed by atoms with Gasteiger partial charge < -0.3 is 20.1 Å². The van der Waals surface area contributed by atoms with Crippen molar-refractivity contribution in [1.82, 2.24) is 0 Å². The van der Waals surface area contributed by atoms with Crippen LogP contribution in [0.25, 0.3) is 0 Å². The molecule has 1 aliphatic rings. The van der Waals surface area contributed by atoms with Gasteiger partial charge in [-0.15, -0.1) is 0 Å². The van der Waals surface area contributed by atoms with Crippen LogP contribution in [0, 0.1) is 5.92 Å². The van der Waals surface area contributed by atoms with Crippen molar-refractivity contribution >= 4 is 0 Å². The summed E-state index contributed by atoms with van der Waals surface area (Å²) in [7, 11) is 0. The zero-order chi connectivity index (χ0) is 8.43. The molecule has 0 aromatic carbocycles. The van der Waals surface area contributed by atoms with E-state index in [-0.39, 0.29) is 19.1 Å². The Hall–Kier alpha value is -0.160. The van der Waals surface area contributed by atoms with Crippen molar-refractivity contribution in [2.75, 3.05) is 13.2 Å². The van der Waals surface area contributed by atoms with Crippen molar-refractivity contribution in [3.63, 3.8) is 0 Å². The molecule has 0 bridgehead atoms. The third kappa shape index (κ3) is 1.70. The molecule has 1 heterocycles. The van der Waals surface area contributed by atoms with Crippen LogP contribution in [0.3, 0.4) is 0 Å². The summed E-state index contributed by atoms with van der Waals surface area (Å²) in [5.41, 5.74) is 0. The molecule has 4 heteroatoms. The Morgan fingerprint density at radius 2 is 2.09 bits per heavy atom. The first-order chi connectivity index (χ1) is 5.16. The molecule has 11 heavy (non-hydrogen) atoms. The summed E-state index contributed by atoms with van der Waals surface area (Å²) >= 11 is 0. The summed E-state index contributed by atoms with van der Waals surface area (Å²) in [6.45, 7) is 1.74. The number of hydrogen-bond donors (Lipinski definition) is 3. The van der Waals surface area contributed by atoms with Gasteiger partial charge in [-0.1, -0.05) is 6.92 Å². The minimum atomic E-state index is -0.760. The second-order valence-corrected chi connectivity index (χ2v) is 2.97. The van der Waals surface area contributed by atoms with Crippen molar-refractivity contribution in [2.24, 2.45) is 5.92 Å². The van der Waals surface area contributed by atoms with Crippen LogP contribution in [0.15, 0.2) is 0 Å². The smallest absolute Gasteiger partial charge is 0.107 e. The molecular weight excluding hydrogens is 148 g/mol. The number of ether oxygens (including phenoxy) is 1. The van der Waals surface area contributed by atoms with Crippen LogP contribution < -0.4 is 0 Å². The molecule has 0 aromatic heterocycles. The fraction of sp³-hybridized carbons (Fsp3) is 1.00. The van der Waals surface area contributed by atoms with E-state index in [0.29, 0.717) is 0 Å². The molecule has 66 valence electrons. The van der Waals surface area contributed by atoms with Crippen molar-refractivity contribution in [2.45, 2.75) is 25.2 Å². The summed E-state index contributed by atoms with van der Waals surface area (Å²) in [5, 5.41) is 27.3. The van der Waals surface area contributed by atoms with Gasteiger partial charge in [-0.3, -0.25) is 0 Å². The molecule has 1 saturated heterocycles. The van der Waals surface area contributed by atoms with Gasteiger partial charge >= 0.3 is 0 Å². The maximum absolute atomic E-state index is 9.36. The Labute approximate surface area is 65.4 Å². The highest BCUT2D eigenvalue weighted by atomic mass is 16.5. The SMILES string of the molecule is CC1C(O)C(CO)OC[C@H]1O. The van der Waals surface area contributed by atoms with E-state index in [1.54, 1.807) is 6.92 Å². The molecule has 3 N–H and O–H groups in total. The molecule has 3 unspecified atom stereocenters. The second kappa shape index (κ2) is 3.49. The molecular formula is C7H14O4. The fourth-order valence-corrected chi connectivity index (χ4v) is 1.20. The zero-order valence-corrected chi connectivity index (χ0v) is 6.47. The lowest BCUT2D eigenvalue weighted by Gasteiger charge is -2.35. The van der Waals surface area contributed by atoms with E-state index in [1.807, 2.05) is 0 Å². The Balaban J connectivity index is 2.52. The Bertz CT molecular complexity index is 126. The van der Waals surface area contributed by atoms with E-state index in [1.165, 1.54) is 0 Å². The first-order valence-corrected chi connectivity index (χ1v) is 3.75. The van der Waals surface area contributed by atoms with Gasteiger partial charge in [-0.05, 0) is 0 Å². The minimum absolute atomic E-state index is 0.196. The monoisotopic (exact) mass is 162 g/mol. The van der Waals surface area contributed by atoms with Gasteiger partial charge in [0.1, 0.15) is 6.10 Å². The van der Waals surface area contributed by atoms with Crippen molar-refractivity contribution in [1.29, 1.82) is 0 Å². The third-order valence-electron chi connectivity index (χ3n) is 2.19. The van der Waals surface area contributed by atoms with Gasteiger partial charge in [-0.25, -0.2) is 0 Å². The predicted molar refractivity (Wildman–Crippen MR) is 38.0 cm³/mol. The number of rotatable bonds is 1. The average Bonchev–Trinajstić information content (AvgIpc) is 2.01. The predicted octanol–water partition coefficient (Wildman–Crippen LogP) is -1.26. The normalized spacial score (nSPS) is 45.8. The van der Waals surface area contributed by atoms with Crippen LogP contribution in [-0.2, 0) is 4.74 Å². The molecule has 1 aliphatic heterocycles. The maximum atomic E-state index is 9.36. The number of aliphatic hydroxyl groups is 3. The van der Waals surface area contributed by atoms with Crippen LogP contribution >= 0.6 is 0 Å². The lowest BCUT2D eigenvalue weighted by atomic mass is 9.92. The fourth-order valence-electron chi connectivity index (χ4n) is 1.20. The van der Waals surface area contributed by atoms with Crippen molar-refractivity contribution in [3.8, 4) is 0 Å². The molecule has 1 rings (SSSR count). The molecule has 0 amide bonds. The van der Waals surface area contributed by atoms with Gasteiger partial charge in [0.15, 0.2) is 0 Å². The molecule has 0 spiro atoms. The topological polar surface area (TPSA) is 69.9 Å². The van der Waals surface area contributed by atoms with E-state index in [9.17, 15) is 10.2 Å². The summed E-state index contributed by atoms with van der Waals surface area (Å²) in [5.74, 6) is -0.221. The highest BCUT2D eigenvalue weighted by Gasteiger charge is 2.34. The summed E-state index contributed by atoms with van der Waals surface area (Å²) in [6.07, 6.45) is -1.91. The van der Waals surface area contributed by atoms with Gasteiger partial charge in [0.25, 0.3) is 0 Å². The average molecular weight is 162 g/mol. The summed E-state index contributed by atoms with van der Waals surface area (Å²) < 4.78 is 4.97. The Morgan fingerprint density at radius 1 is 1.45 bits per heavy atom. The highest BCUT2D eigenvalue weighted by molar-refractivity contribution is 4.83. The Kier molecular flexibility index (Phi) is 2.84. The molecule has 0 radical (unpaired) electrons. The first-order valence-electron chi connectivity index (χ1n) is 3.75. The van der Waals surface area contributed by atoms with Crippen LogP contribution in [0.1, 0.15) is 6.92 Å². The zero-order valence-electron chi connectivity index (χ0n) is 6.47. The van der Waals surface area contributed by atoms with E-state index in [0.717, 1.165) is 0 Å². The second-order valence-electron chi connectivity index (χ2n) is 2.97. The van der Waals surface area contributed by atoms with E-state index in [2.05, 4.69) is 0 Å². The van der Waals surface area contributed by atoms with Gasteiger partial charge in [-0.2, -0.15) is 0 Å². The summed E-state index contributed by atoms with van der Waals surface area (Å²) in [6, 6.07) is 0. The van der Waals surface area contributed by atoms with Gasteiger partial charge in [0, 0.05) is 5.92 Å². The quantitative estimate of drug-likeness (QED) is 0.450. The van der Waals surface area contributed by atoms with E-state index < -0.39 is 18.3 Å². The van der Waals surface area contributed by atoms with Crippen LogP contribution in [0.2, 0.25) is 0 Å². The van der Waals surface area contributed by atoms with Crippen molar-refractivity contribution < 1.29 is 20.1 Å².